The van der Waals surface area contributed by atoms with Gasteiger partial charge in [0.05, 0.1) is 19.4 Å². The first-order chi connectivity index (χ1) is 7.27. The lowest BCUT2D eigenvalue weighted by molar-refractivity contribution is -0.116. The number of halogens is 1. The van der Waals surface area contributed by atoms with Gasteiger partial charge < -0.3 is 10.1 Å². The molecule has 5 heteroatoms. The fourth-order valence-corrected chi connectivity index (χ4v) is 2.42. The second kappa shape index (κ2) is 5.25. The molecule has 0 amide bonds. The van der Waals surface area contributed by atoms with Crippen LogP contribution in [0.15, 0.2) is 0 Å². The molecule has 0 aliphatic carbocycles. The van der Waals surface area contributed by atoms with Gasteiger partial charge in [0.2, 0.25) is 5.24 Å². The third kappa shape index (κ3) is 2.91. The predicted octanol–water partition coefficient (Wildman–Crippen LogP) is 0.410. The minimum atomic E-state index is -0.206. The summed E-state index contributed by atoms with van der Waals surface area (Å²) in [6.07, 6.45) is 2.31. The fourth-order valence-electron chi connectivity index (χ4n) is 2.24. The number of rotatable bonds is 2. The molecule has 2 aliphatic rings. The highest BCUT2D eigenvalue weighted by atomic mass is 35.5. The highest BCUT2D eigenvalue weighted by Gasteiger charge is 2.28. The van der Waals surface area contributed by atoms with Gasteiger partial charge in [0, 0.05) is 25.6 Å². The maximum Gasteiger partial charge on any atom is 0.225 e. The molecule has 0 radical (unpaired) electrons. The first-order valence-corrected chi connectivity index (χ1v) is 5.89. The summed E-state index contributed by atoms with van der Waals surface area (Å²) in [4.78, 5) is 13.4. The smallest absolute Gasteiger partial charge is 0.225 e. The van der Waals surface area contributed by atoms with Crippen molar-refractivity contribution in [3.8, 4) is 0 Å². The van der Waals surface area contributed by atoms with Crippen LogP contribution in [0.1, 0.15) is 12.8 Å². The van der Waals surface area contributed by atoms with E-state index in [-0.39, 0.29) is 11.2 Å². The summed E-state index contributed by atoms with van der Waals surface area (Å²) in [5, 5.41) is 3.18. The molecule has 0 aromatic carbocycles. The zero-order valence-corrected chi connectivity index (χ0v) is 9.50. The Hall–Kier alpha value is -0.160. The molecule has 86 valence electrons. The van der Waals surface area contributed by atoms with Crippen LogP contribution in [-0.2, 0) is 9.53 Å². The molecule has 2 aliphatic heterocycles. The van der Waals surface area contributed by atoms with E-state index in [0.29, 0.717) is 12.7 Å². The van der Waals surface area contributed by atoms with E-state index >= 15 is 0 Å². The van der Waals surface area contributed by atoms with Crippen LogP contribution in [0.2, 0.25) is 0 Å². The van der Waals surface area contributed by atoms with Crippen molar-refractivity contribution in [3.05, 3.63) is 0 Å². The van der Waals surface area contributed by atoms with Crippen LogP contribution < -0.4 is 5.32 Å². The van der Waals surface area contributed by atoms with Crippen LogP contribution in [0.25, 0.3) is 0 Å². The number of ether oxygens (including phenoxy) is 1. The molecule has 0 aromatic rings. The zero-order chi connectivity index (χ0) is 10.7. The minimum absolute atomic E-state index is 0.00366. The molecule has 2 unspecified atom stereocenters. The maximum atomic E-state index is 11.0. The monoisotopic (exact) mass is 232 g/mol. The lowest BCUT2D eigenvalue weighted by atomic mass is 9.98. The van der Waals surface area contributed by atoms with Gasteiger partial charge in [0.15, 0.2) is 0 Å². The van der Waals surface area contributed by atoms with E-state index in [1.54, 1.807) is 0 Å². The Morgan fingerprint density at radius 2 is 2.07 bits per heavy atom. The van der Waals surface area contributed by atoms with Gasteiger partial charge in [-0.25, -0.2) is 0 Å². The minimum Gasteiger partial charge on any atom is -0.379 e. The van der Waals surface area contributed by atoms with Gasteiger partial charge in [-0.05, 0) is 24.4 Å². The molecule has 0 spiro atoms. The highest BCUT2D eigenvalue weighted by molar-refractivity contribution is 6.64. The van der Waals surface area contributed by atoms with Crippen molar-refractivity contribution in [3.63, 3.8) is 0 Å². The van der Waals surface area contributed by atoms with Crippen LogP contribution in [0.3, 0.4) is 0 Å². The molecule has 2 saturated heterocycles. The molecule has 2 heterocycles. The molecule has 2 rings (SSSR count). The summed E-state index contributed by atoms with van der Waals surface area (Å²) in [5.74, 6) is 0.00366. The van der Waals surface area contributed by atoms with Crippen molar-refractivity contribution in [2.45, 2.75) is 19.0 Å². The number of carbonyl (C=O) groups is 1. The molecular formula is C10H17ClN2O2. The van der Waals surface area contributed by atoms with E-state index in [2.05, 4.69) is 10.2 Å². The summed E-state index contributed by atoms with van der Waals surface area (Å²) in [6, 6.07) is 0. The number of hydrogen-bond donors (Lipinski definition) is 1. The Balaban J connectivity index is 1.79. The van der Waals surface area contributed by atoms with E-state index in [9.17, 15) is 4.79 Å². The average Bonchev–Trinajstić information content (AvgIpc) is 2.30. The Morgan fingerprint density at radius 3 is 2.60 bits per heavy atom. The second-order valence-corrected chi connectivity index (χ2v) is 4.52. The van der Waals surface area contributed by atoms with Crippen molar-refractivity contribution in [2.75, 3.05) is 32.8 Å². The van der Waals surface area contributed by atoms with Crippen LogP contribution in [0.5, 0.6) is 0 Å². The number of hydrogen-bond acceptors (Lipinski definition) is 4. The van der Waals surface area contributed by atoms with Gasteiger partial charge in [-0.2, -0.15) is 0 Å². The molecule has 2 fully saturated rings. The van der Waals surface area contributed by atoms with Crippen molar-refractivity contribution in [1.29, 1.82) is 0 Å². The largest absolute Gasteiger partial charge is 0.379 e. The normalized spacial score (nSPS) is 33.9. The van der Waals surface area contributed by atoms with E-state index in [1.807, 2.05) is 0 Å². The lowest BCUT2D eigenvalue weighted by Crippen LogP contribution is -2.54. The number of nitrogens with one attached hydrogen (secondary N) is 1. The van der Waals surface area contributed by atoms with Crippen molar-refractivity contribution in [2.24, 2.45) is 5.92 Å². The Kier molecular flexibility index (Phi) is 3.97. The topological polar surface area (TPSA) is 41.6 Å². The quantitative estimate of drug-likeness (QED) is 0.701. The highest BCUT2D eigenvalue weighted by Crippen LogP contribution is 2.19. The number of carbonyl (C=O) groups excluding carboxylic acids is 1. The summed E-state index contributed by atoms with van der Waals surface area (Å²) in [7, 11) is 0. The molecule has 0 aromatic heterocycles. The van der Waals surface area contributed by atoms with Crippen LogP contribution in [0, 0.1) is 5.92 Å². The van der Waals surface area contributed by atoms with E-state index in [0.717, 1.165) is 39.1 Å². The van der Waals surface area contributed by atoms with Crippen molar-refractivity contribution >= 4 is 16.8 Å². The lowest BCUT2D eigenvalue weighted by Gasteiger charge is -2.38. The van der Waals surface area contributed by atoms with Crippen LogP contribution in [0.4, 0.5) is 0 Å². The standard InChI is InChI=1S/C10H17ClN2O2/c11-10(14)8-1-2-9(12-7-8)13-3-5-15-6-4-13/h8-9,12H,1-7H2. The molecule has 0 bridgehead atoms. The van der Waals surface area contributed by atoms with E-state index in [4.69, 9.17) is 16.3 Å². The molecular weight excluding hydrogens is 216 g/mol. The second-order valence-electron chi connectivity index (χ2n) is 4.15. The predicted molar refractivity (Wildman–Crippen MR) is 57.8 cm³/mol. The average molecular weight is 233 g/mol. The number of morpholine rings is 1. The Labute approximate surface area is 94.9 Å². The third-order valence-corrected chi connectivity index (χ3v) is 3.50. The Bertz CT molecular complexity index is 223. The molecule has 4 nitrogen and oxygen atoms in total. The van der Waals surface area contributed by atoms with Crippen molar-refractivity contribution < 1.29 is 9.53 Å². The first-order valence-electron chi connectivity index (χ1n) is 5.52. The third-order valence-electron chi connectivity index (χ3n) is 3.20. The molecule has 2 atom stereocenters. The van der Waals surface area contributed by atoms with Gasteiger partial charge in [-0.3, -0.25) is 9.69 Å². The number of piperidine rings is 1. The van der Waals surface area contributed by atoms with Crippen LogP contribution >= 0.6 is 11.6 Å². The SMILES string of the molecule is O=C(Cl)C1CCC(N2CCOCC2)NC1. The van der Waals surface area contributed by atoms with Gasteiger partial charge >= 0.3 is 0 Å². The van der Waals surface area contributed by atoms with Gasteiger partial charge in [0.25, 0.3) is 0 Å². The molecule has 1 N–H and O–H groups in total. The zero-order valence-electron chi connectivity index (χ0n) is 8.75. The molecule has 15 heavy (non-hydrogen) atoms. The van der Waals surface area contributed by atoms with Crippen LogP contribution in [-0.4, -0.2) is 49.2 Å². The number of nitrogens with zero attached hydrogens (tertiary/aromatic N) is 1. The summed E-state index contributed by atoms with van der Waals surface area (Å²) in [5.41, 5.74) is 0. The van der Waals surface area contributed by atoms with Gasteiger partial charge in [-0.1, -0.05) is 0 Å². The maximum absolute atomic E-state index is 11.0. The first kappa shape index (κ1) is 11.3. The summed E-state index contributed by atoms with van der Waals surface area (Å²) >= 11 is 5.48. The van der Waals surface area contributed by atoms with Gasteiger partial charge in [-0.15, -0.1) is 0 Å². The van der Waals surface area contributed by atoms with E-state index in [1.165, 1.54) is 0 Å². The van der Waals surface area contributed by atoms with Gasteiger partial charge in [0.1, 0.15) is 0 Å². The summed E-state index contributed by atoms with van der Waals surface area (Å²) in [6.45, 7) is 4.31. The summed E-state index contributed by atoms with van der Waals surface area (Å²) < 4.78 is 5.31. The molecule has 0 saturated carbocycles. The van der Waals surface area contributed by atoms with Crippen molar-refractivity contribution in [1.82, 2.24) is 10.2 Å². The fraction of sp³-hybridized carbons (Fsp3) is 0.900. The van der Waals surface area contributed by atoms with E-state index < -0.39 is 0 Å². The Morgan fingerprint density at radius 1 is 1.33 bits per heavy atom.